The number of nitrogens with one attached hydrogen (secondary N) is 2. The minimum Gasteiger partial charge on any atom is -0.493 e. The van der Waals surface area contributed by atoms with E-state index >= 15 is 0 Å². The lowest BCUT2D eigenvalue weighted by Gasteiger charge is -2.09. The fourth-order valence-electron chi connectivity index (χ4n) is 1.80. The summed E-state index contributed by atoms with van der Waals surface area (Å²) >= 11 is 0. The SMILES string of the molecule is CCOc1ccc(/C=N/NC(=O)c2cc(C)[nH]n2)cc1OC. The van der Waals surface area contributed by atoms with Crippen LogP contribution in [0.1, 0.15) is 28.7 Å². The number of H-pyrrole nitrogens is 1. The standard InChI is InChI=1S/C15H18N4O3/c1-4-22-13-6-5-11(8-14(13)21-3)9-16-19-15(20)12-7-10(2)17-18-12/h5-9H,4H2,1-3H3,(H,17,18)(H,19,20)/b16-9+. The van der Waals surface area contributed by atoms with E-state index in [1.165, 1.54) is 6.21 Å². The van der Waals surface area contributed by atoms with E-state index in [1.807, 2.05) is 19.9 Å². The number of amides is 1. The van der Waals surface area contributed by atoms with Crippen molar-refractivity contribution in [2.75, 3.05) is 13.7 Å². The Kier molecular flexibility index (Phi) is 5.13. The lowest BCUT2D eigenvalue weighted by Crippen LogP contribution is -2.18. The number of methoxy groups -OCH3 is 1. The zero-order valence-electron chi connectivity index (χ0n) is 12.7. The predicted octanol–water partition coefficient (Wildman–Crippen LogP) is 1.89. The number of aromatic nitrogens is 2. The highest BCUT2D eigenvalue weighted by Gasteiger charge is 2.08. The van der Waals surface area contributed by atoms with Crippen LogP contribution in [0.2, 0.25) is 0 Å². The normalized spacial score (nSPS) is 10.7. The van der Waals surface area contributed by atoms with Crippen molar-refractivity contribution >= 4 is 12.1 Å². The zero-order chi connectivity index (χ0) is 15.9. The molecule has 1 amide bonds. The van der Waals surface area contributed by atoms with Crippen LogP contribution in [0.15, 0.2) is 29.4 Å². The Morgan fingerprint density at radius 2 is 2.23 bits per heavy atom. The topological polar surface area (TPSA) is 88.6 Å². The molecule has 0 unspecified atom stereocenters. The van der Waals surface area contributed by atoms with Gasteiger partial charge in [-0.1, -0.05) is 0 Å². The summed E-state index contributed by atoms with van der Waals surface area (Å²) in [7, 11) is 1.57. The van der Waals surface area contributed by atoms with Gasteiger partial charge in [0.2, 0.25) is 0 Å². The highest BCUT2D eigenvalue weighted by atomic mass is 16.5. The number of aromatic amines is 1. The molecule has 0 bridgehead atoms. The first-order valence-electron chi connectivity index (χ1n) is 6.80. The van der Waals surface area contributed by atoms with Gasteiger partial charge in [-0.05, 0) is 43.7 Å². The molecule has 116 valence electrons. The lowest BCUT2D eigenvalue weighted by molar-refractivity contribution is 0.0950. The van der Waals surface area contributed by atoms with Crippen LogP contribution in [-0.4, -0.2) is 36.0 Å². The van der Waals surface area contributed by atoms with Gasteiger partial charge in [-0.3, -0.25) is 9.89 Å². The maximum atomic E-state index is 11.8. The molecule has 0 atom stereocenters. The first-order chi connectivity index (χ1) is 10.6. The summed E-state index contributed by atoms with van der Waals surface area (Å²) in [5, 5.41) is 10.5. The molecule has 7 nitrogen and oxygen atoms in total. The molecule has 0 aliphatic rings. The number of hydrogen-bond donors (Lipinski definition) is 2. The average Bonchev–Trinajstić information content (AvgIpc) is 2.95. The molecule has 2 N–H and O–H groups in total. The molecule has 0 saturated carbocycles. The zero-order valence-corrected chi connectivity index (χ0v) is 12.7. The Morgan fingerprint density at radius 1 is 1.41 bits per heavy atom. The monoisotopic (exact) mass is 302 g/mol. The summed E-state index contributed by atoms with van der Waals surface area (Å²) in [5.41, 5.74) is 4.29. The van der Waals surface area contributed by atoms with Gasteiger partial charge in [0.05, 0.1) is 19.9 Å². The number of aryl methyl sites for hydroxylation is 1. The fourth-order valence-corrected chi connectivity index (χ4v) is 1.80. The summed E-state index contributed by atoms with van der Waals surface area (Å²) in [5.74, 6) is 0.900. The Labute approximate surface area is 128 Å². The summed E-state index contributed by atoms with van der Waals surface area (Å²) in [6, 6.07) is 7.04. The van der Waals surface area contributed by atoms with Crippen LogP contribution in [0.25, 0.3) is 0 Å². The van der Waals surface area contributed by atoms with Crippen molar-refractivity contribution in [2.45, 2.75) is 13.8 Å². The van der Waals surface area contributed by atoms with Crippen molar-refractivity contribution in [3.05, 3.63) is 41.2 Å². The van der Waals surface area contributed by atoms with Crippen LogP contribution in [0.5, 0.6) is 11.5 Å². The van der Waals surface area contributed by atoms with E-state index < -0.39 is 0 Å². The fraction of sp³-hybridized carbons (Fsp3) is 0.267. The second-order valence-corrected chi connectivity index (χ2v) is 4.48. The largest absolute Gasteiger partial charge is 0.493 e. The molecule has 1 aromatic heterocycles. The third-order valence-electron chi connectivity index (χ3n) is 2.81. The van der Waals surface area contributed by atoms with E-state index in [-0.39, 0.29) is 5.91 Å². The van der Waals surface area contributed by atoms with Gasteiger partial charge in [0, 0.05) is 5.69 Å². The minimum absolute atomic E-state index is 0.291. The number of hydrogen-bond acceptors (Lipinski definition) is 5. The van der Waals surface area contributed by atoms with Gasteiger partial charge in [-0.15, -0.1) is 0 Å². The molecular weight excluding hydrogens is 284 g/mol. The molecular formula is C15H18N4O3. The summed E-state index contributed by atoms with van der Waals surface area (Å²) in [6.45, 7) is 4.28. The van der Waals surface area contributed by atoms with E-state index in [0.717, 1.165) is 11.3 Å². The molecule has 1 heterocycles. The van der Waals surface area contributed by atoms with E-state index in [0.29, 0.717) is 23.8 Å². The summed E-state index contributed by atoms with van der Waals surface area (Å²) in [4.78, 5) is 11.8. The van der Waals surface area contributed by atoms with Gasteiger partial charge in [0.25, 0.3) is 5.91 Å². The first kappa shape index (κ1) is 15.6. The van der Waals surface area contributed by atoms with Crippen LogP contribution in [-0.2, 0) is 0 Å². The van der Waals surface area contributed by atoms with Crippen molar-refractivity contribution in [1.29, 1.82) is 0 Å². The first-order valence-corrected chi connectivity index (χ1v) is 6.80. The molecule has 7 heteroatoms. The van der Waals surface area contributed by atoms with Crippen LogP contribution in [0.3, 0.4) is 0 Å². The number of carbonyl (C=O) groups excluding carboxylic acids is 1. The maximum absolute atomic E-state index is 11.8. The third-order valence-corrected chi connectivity index (χ3v) is 2.81. The smallest absolute Gasteiger partial charge is 0.291 e. The van der Waals surface area contributed by atoms with Crippen molar-refractivity contribution < 1.29 is 14.3 Å². The van der Waals surface area contributed by atoms with E-state index in [4.69, 9.17) is 9.47 Å². The number of benzene rings is 1. The molecule has 0 saturated heterocycles. The second-order valence-electron chi connectivity index (χ2n) is 4.48. The molecule has 0 aliphatic carbocycles. The Morgan fingerprint density at radius 3 is 2.86 bits per heavy atom. The number of ether oxygens (including phenoxy) is 2. The van der Waals surface area contributed by atoms with E-state index in [1.54, 1.807) is 25.3 Å². The van der Waals surface area contributed by atoms with Crippen LogP contribution >= 0.6 is 0 Å². The number of rotatable bonds is 6. The van der Waals surface area contributed by atoms with Gasteiger partial charge in [-0.25, -0.2) is 5.43 Å². The lowest BCUT2D eigenvalue weighted by atomic mass is 10.2. The van der Waals surface area contributed by atoms with Gasteiger partial charge < -0.3 is 9.47 Å². The average molecular weight is 302 g/mol. The highest BCUT2D eigenvalue weighted by molar-refractivity contribution is 5.93. The predicted molar refractivity (Wildman–Crippen MR) is 82.5 cm³/mol. The number of nitrogens with zero attached hydrogens (tertiary/aromatic N) is 2. The Balaban J connectivity index is 2.02. The quantitative estimate of drug-likeness (QED) is 0.630. The van der Waals surface area contributed by atoms with Crippen LogP contribution in [0, 0.1) is 6.92 Å². The number of carbonyl (C=O) groups is 1. The summed E-state index contributed by atoms with van der Waals surface area (Å²) in [6.07, 6.45) is 1.52. The van der Waals surface area contributed by atoms with Crippen LogP contribution < -0.4 is 14.9 Å². The van der Waals surface area contributed by atoms with Crippen LogP contribution in [0.4, 0.5) is 0 Å². The van der Waals surface area contributed by atoms with Crippen molar-refractivity contribution in [2.24, 2.45) is 5.10 Å². The Hall–Kier alpha value is -2.83. The van der Waals surface area contributed by atoms with Crippen molar-refractivity contribution in [3.63, 3.8) is 0 Å². The van der Waals surface area contributed by atoms with Crippen molar-refractivity contribution in [3.8, 4) is 11.5 Å². The highest BCUT2D eigenvalue weighted by Crippen LogP contribution is 2.27. The number of hydrazone groups is 1. The molecule has 22 heavy (non-hydrogen) atoms. The molecule has 0 aliphatic heterocycles. The molecule has 0 radical (unpaired) electrons. The summed E-state index contributed by atoms with van der Waals surface area (Å²) < 4.78 is 10.7. The molecule has 1 aromatic carbocycles. The minimum atomic E-state index is -0.376. The van der Waals surface area contributed by atoms with E-state index in [9.17, 15) is 4.79 Å². The molecule has 2 aromatic rings. The molecule has 0 spiro atoms. The maximum Gasteiger partial charge on any atom is 0.291 e. The molecule has 2 rings (SSSR count). The van der Waals surface area contributed by atoms with E-state index in [2.05, 4.69) is 20.7 Å². The van der Waals surface area contributed by atoms with Gasteiger partial charge >= 0.3 is 0 Å². The third kappa shape index (κ3) is 3.85. The van der Waals surface area contributed by atoms with Crippen molar-refractivity contribution in [1.82, 2.24) is 15.6 Å². The Bertz CT molecular complexity index is 679. The van der Waals surface area contributed by atoms with Gasteiger partial charge in [-0.2, -0.15) is 10.2 Å². The second kappa shape index (κ2) is 7.26. The molecule has 0 fully saturated rings. The van der Waals surface area contributed by atoms with Gasteiger partial charge in [0.15, 0.2) is 17.2 Å². The van der Waals surface area contributed by atoms with Gasteiger partial charge in [0.1, 0.15) is 0 Å².